The highest BCUT2D eigenvalue weighted by Gasteiger charge is 2.29. The van der Waals surface area contributed by atoms with Crippen molar-refractivity contribution < 1.29 is 21.9 Å². The normalized spacial score (nSPS) is 19.8. The lowest BCUT2D eigenvalue weighted by atomic mass is 10.1. The van der Waals surface area contributed by atoms with E-state index in [4.69, 9.17) is 17.3 Å². The molecule has 5 nitrogen and oxygen atoms in total. The predicted molar refractivity (Wildman–Crippen MR) is 81.3 cm³/mol. The van der Waals surface area contributed by atoms with Crippen LogP contribution in [0.1, 0.15) is 12.8 Å². The number of hydrogen-bond acceptors (Lipinski definition) is 4. The maximum Gasteiger partial charge on any atom is 0.387 e. The average molecular weight is 377 g/mol. The van der Waals surface area contributed by atoms with Crippen molar-refractivity contribution in [2.45, 2.75) is 30.4 Å². The fourth-order valence-corrected chi connectivity index (χ4v) is 4.03. The van der Waals surface area contributed by atoms with Gasteiger partial charge in [-0.05, 0) is 31.0 Å². The van der Waals surface area contributed by atoms with Crippen LogP contribution in [0.4, 0.5) is 8.78 Å². The number of nitrogens with zero attached hydrogens (tertiary/aromatic N) is 1. The van der Waals surface area contributed by atoms with Gasteiger partial charge in [-0.2, -0.15) is 13.1 Å². The van der Waals surface area contributed by atoms with Crippen LogP contribution < -0.4 is 10.5 Å². The topological polar surface area (TPSA) is 72.6 Å². The number of piperidine rings is 1. The van der Waals surface area contributed by atoms with Crippen molar-refractivity contribution in [2.75, 3.05) is 13.1 Å². The summed E-state index contributed by atoms with van der Waals surface area (Å²) in [6.07, 6.45) is 1.45. The molecule has 1 aliphatic rings. The Labute approximate surface area is 138 Å². The third-order valence-corrected chi connectivity index (χ3v) is 5.33. The largest absolute Gasteiger partial charge is 0.433 e. The number of alkyl halides is 2. The number of hydrogen-bond donors (Lipinski definition) is 1. The minimum absolute atomic E-state index is 0. The smallest absolute Gasteiger partial charge is 0.387 e. The van der Waals surface area contributed by atoms with Gasteiger partial charge in [-0.1, -0.05) is 11.6 Å². The summed E-state index contributed by atoms with van der Waals surface area (Å²) >= 11 is 5.78. The zero-order chi connectivity index (χ0) is 15.6. The second kappa shape index (κ2) is 7.74. The van der Waals surface area contributed by atoms with Crippen LogP contribution in [0, 0.1) is 0 Å². The molecule has 1 aromatic carbocycles. The second-order valence-electron chi connectivity index (χ2n) is 4.74. The summed E-state index contributed by atoms with van der Waals surface area (Å²) in [5, 5.41) is -0.183. The van der Waals surface area contributed by atoms with Gasteiger partial charge in [0.25, 0.3) is 0 Å². The number of rotatable bonds is 4. The molecule has 0 radical (unpaired) electrons. The highest BCUT2D eigenvalue weighted by molar-refractivity contribution is 7.89. The lowest BCUT2D eigenvalue weighted by Crippen LogP contribution is -2.45. The van der Waals surface area contributed by atoms with Gasteiger partial charge in [0.2, 0.25) is 10.0 Å². The van der Waals surface area contributed by atoms with E-state index in [2.05, 4.69) is 4.74 Å². The Morgan fingerprint density at radius 1 is 1.41 bits per heavy atom. The summed E-state index contributed by atoms with van der Waals surface area (Å²) in [4.78, 5) is -0.0665. The molecule has 126 valence electrons. The maximum atomic E-state index is 12.4. The van der Waals surface area contributed by atoms with Crippen LogP contribution in [-0.4, -0.2) is 38.5 Å². The Morgan fingerprint density at radius 2 is 2.09 bits per heavy atom. The fraction of sp³-hybridized carbons (Fsp3) is 0.500. The standard InChI is InChI=1S/C12H15ClF2N2O3S.ClH/c13-10-6-9(3-4-11(10)20-12(14)15)21(18,19)17-5-1-2-8(16)7-17;/h3-4,6,8,12H,1-2,5,7,16H2;1H. The molecule has 1 unspecified atom stereocenters. The average Bonchev–Trinajstić information content (AvgIpc) is 2.40. The van der Waals surface area contributed by atoms with Crippen LogP contribution in [0.2, 0.25) is 5.02 Å². The fourth-order valence-electron chi connectivity index (χ4n) is 2.17. The van der Waals surface area contributed by atoms with Gasteiger partial charge >= 0.3 is 6.61 Å². The first-order chi connectivity index (χ1) is 9.80. The first-order valence-electron chi connectivity index (χ1n) is 6.31. The third kappa shape index (κ3) is 4.42. The van der Waals surface area contributed by atoms with Gasteiger partial charge in [0.1, 0.15) is 5.75 Å². The van der Waals surface area contributed by atoms with Crippen molar-refractivity contribution in [1.29, 1.82) is 0 Å². The highest BCUT2D eigenvalue weighted by atomic mass is 35.5. The molecule has 1 aromatic rings. The van der Waals surface area contributed by atoms with E-state index < -0.39 is 16.6 Å². The number of halogens is 4. The Bertz CT molecular complexity index is 616. The lowest BCUT2D eigenvalue weighted by molar-refractivity contribution is -0.0498. The van der Waals surface area contributed by atoms with Crippen molar-refractivity contribution in [2.24, 2.45) is 5.73 Å². The maximum absolute atomic E-state index is 12.4. The molecular formula is C12H16Cl2F2N2O3S. The van der Waals surface area contributed by atoms with Crippen LogP contribution in [0.3, 0.4) is 0 Å². The summed E-state index contributed by atoms with van der Waals surface area (Å²) in [7, 11) is -3.74. The molecule has 10 heteroatoms. The predicted octanol–water partition coefficient (Wildman–Crippen LogP) is 2.48. The molecule has 22 heavy (non-hydrogen) atoms. The van der Waals surface area contributed by atoms with E-state index >= 15 is 0 Å². The van der Waals surface area contributed by atoms with Crippen LogP contribution in [0.15, 0.2) is 23.1 Å². The molecule has 0 bridgehead atoms. The summed E-state index contributed by atoms with van der Waals surface area (Å²) in [6, 6.07) is 3.21. The second-order valence-corrected chi connectivity index (χ2v) is 7.08. The molecule has 2 N–H and O–H groups in total. The van der Waals surface area contributed by atoms with Gasteiger partial charge in [0.05, 0.1) is 9.92 Å². The molecule has 0 saturated carbocycles. The third-order valence-electron chi connectivity index (χ3n) is 3.18. The van der Waals surface area contributed by atoms with Gasteiger partial charge in [-0.15, -0.1) is 12.4 Å². The number of nitrogens with two attached hydrogens (primary N) is 1. The molecule has 0 amide bonds. The number of benzene rings is 1. The number of ether oxygens (including phenoxy) is 1. The zero-order valence-electron chi connectivity index (χ0n) is 11.4. The van der Waals surface area contributed by atoms with Crippen molar-refractivity contribution in [3.8, 4) is 5.75 Å². The quantitative estimate of drug-likeness (QED) is 0.875. The summed E-state index contributed by atoms with van der Waals surface area (Å²) in [5.74, 6) is -0.263. The monoisotopic (exact) mass is 376 g/mol. The molecule has 0 spiro atoms. The SMILES string of the molecule is Cl.NC1CCCN(S(=O)(=O)c2ccc(OC(F)F)c(Cl)c2)C1. The van der Waals surface area contributed by atoms with E-state index in [1.54, 1.807) is 0 Å². The first-order valence-corrected chi connectivity index (χ1v) is 8.12. The molecule has 0 aliphatic carbocycles. The van der Waals surface area contributed by atoms with Gasteiger partial charge in [-0.3, -0.25) is 0 Å². The molecular weight excluding hydrogens is 361 g/mol. The zero-order valence-corrected chi connectivity index (χ0v) is 13.8. The van der Waals surface area contributed by atoms with Gasteiger partial charge in [0, 0.05) is 19.1 Å². The molecule has 1 fully saturated rings. The molecule has 1 atom stereocenters. The lowest BCUT2D eigenvalue weighted by Gasteiger charge is -2.29. The summed E-state index contributed by atoms with van der Waals surface area (Å²) < 4.78 is 54.6. The van der Waals surface area contributed by atoms with Crippen LogP contribution in [-0.2, 0) is 10.0 Å². The van der Waals surface area contributed by atoms with Crippen molar-refractivity contribution in [3.05, 3.63) is 23.2 Å². The van der Waals surface area contributed by atoms with E-state index in [0.29, 0.717) is 13.0 Å². The van der Waals surface area contributed by atoms with E-state index in [0.717, 1.165) is 18.6 Å². The Morgan fingerprint density at radius 3 is 2.64 bits per heavy atom. The first kappa shape index (κ1) is 19.4. The van der Waals surface area contributed by atoms with Crippen molar-refractivity contribution in [1.82, 2.24) is 4.31 Å². The van der Waals surface area contributed by atoms with Crippen molar-refractivity contribution >= 4 is 34.0 Å². The molecule has 2 rings (SSSR count). The Balaban J connectivity index is 0.00000242. The van der Waals surface area contributed by atoms with E-state index in [9.17, 15) is 17.2 Å². The number of sulfonamides is 1. The van der Waals surface area contributed by atoms with E-state index in [1.807, 2.05) is 0 Å². The van der Waals surface area contributed by atoms with Crippen molar-refractivity contribution in [3.63, 3.8) is 0 Å². The Kier molecular flexibility index (Phi) is 6.82. The van der Waals surface area contributed by atoms with Crippen LogP contribution in [0.25, 0.3) is 0 Å². The van der Waals surface area contributed by atoms with E-state index in [-0.39, 0.29) is 40.7 Å². The van der Waals surface area contributed by atoms with Crippen LogP contribution in [0.5, 0.6) is 5.75 Å². The van der Waals surface area contributed by atoms with E-state index in [1.165, 1.54) is 10.4 Å². The van der Waals surface area contributed by atoms with Gasteiger partial charge < -0.3 is 10.5 Å². The van der Waals surface area contributed by atoms with Gasteiger partial charge in [-0.25, -0.2) is 8.42 Å². The minimum atomic E-state index is -3.74. The summed E-state index contributed by atoms with van der Waals surface area (Å²) in [6.45, 7) is -2.41. The van der Waals surface area contributed by atoms with Crippen LogP contribution >= 0.6 is 24.0 Å². The molecule has 0 aromatic heterocycles. The Hall–Kier alpha value is -0.670. The highest BCUT2D eigenvalue weighted by Crippen LogP contribution is 2.30. The molecule has 1 aliphatic heterocycles. The molecule has 1 heterocycles. The summed E-state index contributed by atoms with van der Waals surface area (Å²) in [5.41, 5.74) is 5.77. The minimum Gasteiger partial charge on any atom is -0.433 e. The molecule has 1 saturated heterocycles. The van der Waals surface area contributed by atoms with Gasteiger partial charge in [0.15, 0.2) is 0 Å².